The number of aliphatic hydroxyl groups is 1. The van der Waals surface area contributed by atoms with E-state index in [1.54, 1.807) is 20.1 Å². The van der Waals surface area contributed by atoms with Gasteiger partial charge in [-0.2, -0.15) is 0 Å². The van der Waals surface area contributed by atoms with E-state index in [0.717, 1.165) is 22.3 Å². The Bertz CT molecular complexity index is 804. The molecule has 0 saturated heterocycles. The van der Waals surface area contributed by atoms with Crippen LogP contribution in [0.5, 0.6) is 0 Å². The molecule has 6 heteroatoms. The molecule has 0 atom stereocenters. The molecular formula is C18H21N3O2S. The minimum Gasteiger partial charge on any atom is -0.467 e. The summed E-state index contributed by atoms with van der Waals surface area (Å²) in [6, 6.07) is 12.0. The van der Waals surface area contributed by atoms with E-state index in [9.17, 15) is 5.11 Å². The highest BCUT2D eigenvalue weighted by atomic mass is 32.2. The number of furan rings is 1. The van der Waals surface area contributed by atoms with E-state index in [2.05, 4.69) is 29.3 Å². The fourth-order valence-electron chi connectivity index (χ4n) is 2.34. The zero-order valence-corrected chi connectivity index (χ0v) is 14.9. The SMILES string of the molecule is Cc1cccc(-c2nnc(SCC(C)(C)O)n2Cc2ccco2)c1. The van der Waals surface area contributed by atoms with E-state index in [1.165, 1.54) is 17.3 Å². The fraction of sp³-hybridized carbons (Fsp3) is 0.333. The maximum atomic E-state index is 9.99. The summed E-state index contributed by atoms with van der Waals surface area (Å²) in [4.78, 5) is 0. The Hall–Kier alpha value is -2.05. The molecule has 3 rings (SSSR count). The molecule has 0 radical (unpaired) electrons. The molecule has 0 amide bonds. The van der Waals surface area contributed by atoms with Gasteiger partial charge in [0.2, 0.25) is 0 Å². The van der Waals surface area contributed by atoms with E-state index >= 15 is 0 Å². The number of rotatable bonds is 6. The summed E-state index contributed by atoms with van der Waals surface area (Å²) in [5, 5.41) is 19.5. The number of hydrogen-bond acceptors (Lipinski definition) is 5. The van der Waals surface area contributed by atoms with E-state index in [1.807, 2.05) is 28.8 Å². The highest BCUT2D eigenvalue weighted by molar-refractivity contribution is 7.99. The molecule has 0 aliphatic rings. The Morgan fingerprint density at radius 3 is 2.71 bits per heavy atom. The molecule has 5 nitrogen and oxygen atoms in total. The first-order valence-corrected chi connectivity index (χ1v) is 8.79. The van der Waals surface area contributed by atoms with Crippen LogP contribution in [-0.4, -0.2) is 31.2 Å². The second-order valence-corrected chi connectivity index (χ2v) is 7.38. The number of hydrogen-bond donors (Lipinski definition) is 1. The Morgan fingerprint density at radius 1 is 1.21 bits per heavy atom. The number of benzene rings is 1. The van der Waals surface area contributed by atoms with Crippen molar-refractivity contribution in [3.05, 3.63) is 54.0 Å². The zero-order valence-electron chi connectivity index (χ0n) is 14.1. The fourth-order valence-corrected chi connectivity index (χ4v) is 3.22. The lowest BCUT2D eigenvalue weighted by atomic mass is 10.1. The van der Waals surface area contributed by atoms with Crippen molar-refractivity contribution in [3.63, 3.8) is 0 Å². The monoisotopic (exact) mass is 343 g/mol. The minimum atomic E-state index is -0.768. The van der Waals surface area contributed by atoms with Gasteiger partial charge in [0.05, 0.1) is 18.4 Å². The molecule has 0 saturated carbocycles. The third-order valence-electron chi connectivity index (χ3n) is 3.44. The molecule has 2 heterocycles. The average molecular weight is 343 g/mol. The average Bonchev–Trinajstić information content (AvgIpc) is 3.15. The van der Waals surface area contributed by atoms with Gasteiger partial charge in [-0.15, -0.1) is 10.2 Å². The van der Waals surface area contributed by atoms with Gasteiger partial charge in [0.1, 0.15) is 5.76 Å². The van der Waals surface area contributed by atoms with Crippen LogP contribution in [0, 0.1) is 6.92 Å². The third-order valence-corrected chi connectivity index (χ3v) is 4.85. The Balaban J connectivity index is 1.97. The summed E-state index contributed by atoms with van der Waals surface area (Å²) in [6.07, 6.45) is 1.66. The van der Waals surface area contributed by atoms with Crippen molar-refractivity contribution in [1.82, 2.24) is 14.8 Å². The van der Waals surface area contributed by atoms with Gasteiger partial charge in [-0.1, -0.05) is 35.5 Å². The highest BCUT2D eigenvalue weighted by Gasteiger charge is 2.19. The third kappa shape index (κ3) is 4.07. The van der Waals surface area contributed by atoms with Crippen LogP contribution in [0.4, 0.5) is 0 Å². The van der Waals surface area contributed by atoms with Gasteiger partial charge in [-0.05, 0) is 39.0 Å². The van der Waals surface area contributed by atoms with Crippen LogP contribution < -0.4 is 0 Å². The van der Waals surface area contributed by atoms with Crippen LogP contribution in [0.3, 0.4) is 0 Å². The van der Waals surface area contributed by atoms with Crippen LogP contribution >= 0.6 is 11.8 Å². The van der Waals surface area contributed by atoms with Gasteiger partial charge in [0, 0.05) is 11.3 Å². The summed E-state index contributed by atoms with van der Waals surface area (Å²) in [5.74, 6) is 2.18. The smallest absolute Gasteiger partial charge is 0.192 e. The van der Waals surface area contributed by atoms with Crippen LogP contribution in [-0.2, 0) is 6.54 Å². The highest BCUT2D eigenvalue weighted by Crippen LogP contribution is 2.27. The van der Waals surface area contributed by atoms with Gasteiger partial charge in [-0.3, -0.25) is 4.57 Å². The Morgan fingerprint density at radius 2 is 2.04 bits per heavy atom. The number of thioether (sulfide) groups is 1. The number of nitrogens with zero attached hydrogens (tertiary/aromatic N) is 3. The normalized spacial score (nSPS) is 11.8. The first-order valence-electron chi connectivity index (χ1n) is 7.80. The van der Waals surface area contributed by atoms with Gasteiger partial charge in [0.15, 0.2) is 11.0 Å². The molecule has 0 unspecified atom stereocenters. The largest absolute Gasteiger partial charge is 0.467 e. The lowest BCUT2D eigenvalue weighted by molar-refractivity contribution is 0.107. The van der Waals surface area contributed by atoms with Gasteiger partial charge in [-0.25, -0.2) is 0 Å². The lowest BCUT2D eigenvalue weighted by Crippen LogP contribution is -2.22. The molecule has 3 aromatic rings. The second-order valence-electron chi connectivity index (χ2n) is 6.44. The predicted octanol–water partition coefficient (Wildman–Crippen LogP) is 3.76. The topological polar surface area (TPSA) is 64.1 Å². The molecule has 126 valence electrons. The van der Waals surface area contributed by atoms with Gasteiger partial charge < -0.3 is 9.52 Å². The first kappa shape index (κ1) is 16.8. The maximum Gasteiger partial charge on any atom is 0.192 e. The van der Waals surface area contributed by atoms with Gasteiger partial charge >= 0.3 is 0 Å². The number of aryl methyl sites for hydroxylation is 1. The molecule has 0 aliphatic heterocycles. The van der Waals surface area contributed by atoms with Crippen molar-refractivity contribution in [3.8, 4) is 11.4 Å². The molecule has 0 aliphatic carbocycles. The minimum absolute atomic E-state index is 0.539. The second kappa shape index (κ2) is 6.83. The summed E-state index contributed by atoms with van der Waals surface area (Å²) >= 11 is 1.49. The number of aromatic nitrogens is 3. The van der Waals surface area contributed by atoms with Crippen LogP contribution in [0.25, 0.3) is 11.4 Å². The van der Waals surface area contributed by atoms with Crippen LogP contribution in [0.1, 0.15) is 25.2 Å². The first-order chi connectivity index (χ1) is 11.4. The van der Waals surface area contributed by atoms with E-state index < -0.39 is 5.60 Å². The quantitative estimate of drug-likeness (QED) is 0.691. The molecule has 0 fully saturated rings. The predicted molar refractivity (Wildman–Crippen MR) is 95.0 cm³/mol. The van der Waals surface area contributed by atoms with Crippen molar-refractivity contribution in [2.75, 3.05) is 5.75 Å². The Labute approximate surface area is 145 Å². The van der Waals surface area contributed by atoms with Crippen molar-refractivity contribution in [1.29, 1.82) is 0 Å². The maximum absolute atomic E-state index is 9.99. The van der Waals surface area contributed by atoms with Crippen molar-refractivity contribution in [2.45, 2.75) is 38.1 Å². The van der Waals surface area contributed by atoms with Crippen molar-refractivity contribution < 1.29 is 9.52 Å². The summed E-state index contributed by atoms with van der Waals surface area (Å²) in [6.45, 7) is 6.18. The summed E-state index contributed by atoms with van der Waals surface area (Å²) in [5.41, 5.74) is 1.42. The standard InChI is InChI=1S/C18H21N3O2S/c1-13-6-4-7-14(10-13)16-19-20-17(24-12-18(2,3)22)21(16)11-15-8-5-9-23-15/h4-10,22H,11-12H2,1-3H3. The van der Waals surface area contributed by atoms with E-state index in [-0.39, 0.29) is 0 Å². The molecule has 2 aromatic heterocycles. The molecule has 24 heavy (non-hydrogen) atoms. The molecule has 0 bridgehead atoms. The molecular weight excluding hydrogens is 322 g/mol. The van der Waals surface area contributed by atoms with Crippen LogP contribution in [0.15, 0.2) is 52.2 Å². The van der Waals surface area contributed by atoms with Crippen molar-refractivity contribution in [2.24, 2.45) is 0 Å². The molecule has 1 aromatic carbocycles. The van der Waals surface area contributed by atoms with Crippen molar-refractivity contribution >= 4 is 11.8 Å². The molecule has 1 N–H and O–H groups in total. The summed E-state index contributed by atoms with van der Waals surface area (Å²) in [7, 11) is 0. The zero-order chi connectivity index (χ0) is 17.2. The van der Waals surface area contributed by atoms with E-state index in [0.29, 0.717) is 12.3 Å². The molecule has 0 spiro atoms. The Kier molecular flexibility index (Phi) is 4.78. The summed E-state index contributed by atoms with van der Waals surface area (Å²) < 4.78 is 7.52. The van der Waals surface area contributed by atoms with Crippen LogP contribution in [0.2, 0.25) is 0 Å². The van der Waals surface area contributed by atoms with Gasteiger partial charge in [0.25, 0.3) is 0 Å². The lowest BCUT2D eigenvalue weighted by Gasteiger charge is -2.16. The van der Waals surface area contributed by atoms with E-state index in [4.69, 9.17) is 4.42 Å².